The number of hydrogen-bond acceptors (Lipinski definition) is 5. The van der Waals surface area contributed by atoms with Gasteiger partial charge in [0.05, 0.1) is 4.92 Å². The largest absolute Gasteiger partial charge is 0.352 e. The summed E-state index contributed by atoms with van der Waals surface area (Å²) in [4.78, 5) is 21.7. The van der Waals surface area contributed by atoms with E-state index in [1.807, 2.05) is 0 Å². The fourth-order valence-electron chi connectivity index (χ4n) is 2.06. The van der Waals surface area contributed by atoms with Gasteiger partial charge in [-0.3, -0.25) is 19.6 Å². The molecule has 8 heteroatoms. The molecule has 0 saturated carbocycles. The lowest BCUT2D eigenvalue weighted by Crippen LogP contribution is -2.45. The molecule has 2 rings (SSSR count). The van der Waals surface area contributed by atoms with Crippen LogP contribution in [0.1, 0.15) is 19.3 Å². The van der Waals surface area contributed by atoms with Gasteiger partial charge in [-0.15, -0.1) is 0 Å². The van der Waals surface area contributed by atoms with Gasteiger partial charge in [-0.1, -0.05) is 0 Å². The van der Waals surface area contributed by atoms with Crippen LogP contribution < -0.4 is 10.6 Å². The molecule has 1 atom stereocenters. The maximum atomic E-state index is 11.7. The number of nitrogens with one attached hydrogen (secondary N) is 2. The van der Waals surface area contributed by atoms with E-state index in [-0.39, 0.29) is 24.1 Å². The first-order valence-corrected chi connectivity index (χ1v) is 6.32. The molecule has 19 heavy (non-hydrogen) atoms. The van der Waals surface area contributed by atoms with Gasteiger partial charge < -0.3 is 10.6 Å². The summed E-state index contributed by atoms with van der Waals surface area (Å²) in [7, 11) is 0. The van der Waals surface area contributed by atoms with Crippen molar-refractivity contribution in [2.45, 2.75) is 31.8 Å². The highest BCUT2D eigenvalue weighted by molar-refractivity contribution is 5.76. The maximum Gasteiger partial charge on any atom is 0.306 e. The van der Waals surface area contributed by atoms with Gasteiger partial charge in [0, 0.05) is 25.6 Å². The van der Waals surface area contributed by atoms with E-state index < -0.39 is 4.92 Å². The molecule has 8 nitrogen and oxygen atoms in total. The zero-order valence-corrected chi connectivity index (χ0v) is 10.5. The summed E-state index contributed by atoms with van der Waals surface area (Å²) >= 11 is 0. The minimum absolute atomic E-state index is 0.0492. The third-order valence-electron chi connectivity index (χ3n) is 3.06. The third kappa shape index (κ3) is 4.02. The Balaban J connectivity index is 1.74. The molecular formula is C11H17N5O3. The highest BCUT2D eigenvalue weighted by Gasteiger charge is 2.15. The van der Waals surface area contributed by atoms with Crippen LogP contribution >= 0.6 is 0 Å². The lowest BCUT2D eigenvalue weighted by Gasteiger charge is -2.23. The number of nitro groups is 1. The third-order valence-corrected chi connectivity index (χ3v) is 3.06. The predicted octanol–water partition coefficient (Wildman–Crippen LogP) is 0.0496. The van der Waals surface area contributed by atoms with E-state index in [0.29, 0.717) is 6.54 Å². The van der Waals surface area contributed by atoms with E-state index in [4.69, 9.17) is 0 Å². The first kappa shape index (κ1) is 13.5. The summed E-state index contributed by atoms with van der Waals surface area (Å²) in [5.41, 5.74) is -0.0584. The molecule has 1 amide bonds. The van der Waals surface area contributed by atoms with Crippen LogP contribution in [0.5, 0.6) is 0 Å². The quantitative estimate of drug-likeness (QED) is 0.579. The first-order chi connectivity index (χ1) is 9.15. The van der Waals surface area contributed by atoms with Crippen molar-refractivity contribution >= 4 is 11.6 Å². The summed E-state index contributed by atoms with van der Waals surface area (Å²) in [5, 5.41) is 20.5. The Morgan fingerprint density at radius 3 is 3.16 bits per heavy atom. The molecule has 0 aromatic carbocycles. The molecule has 1 aromatic heterocycles. The van der Waals surface area contributed by atoms with Crippen molar-refractivity contribution in [1.29, 1.82) is 0 Å². The Hall–Kier alpha value is -1.96. The molecule has 0 unspecified atom stereocenters. The Morgan fingerprint density at radius 1 is 1.68 bits per heavy atom. The predicted molar refractivity (Wildman–Crippen MR) is 67.5 cm³/mol. The number of aryl methyl sites for hydroxylation is 1. The Labute approximate surface area is 110 Å². The number of piperidine rings is 1. The van der Waals surface area contributed by atoms with Crippen LogP contribution in [0.4, 0.5) is 5.69 Å². The highest BCUT2D eigenvalue weighted by atomic mass is 16.6. The second-order valence-corrected chi connectivity index (χ2v) is 4.58. The van der Waals surface area contributed by atoms with E-state index in [1.54, 1.807) is 0 Å². The van der Waals surface area contributed by atoms with E-state index in [1.165, 1.54) is 17.1 Å². The number of amides is 1. The molecule has 1 saturated heterocycles. The van der Waals surface area contributed by atoms with Gasteiger partial charge in [-0.05, 0) is 19.4 Å². The SMILES string of the molecule is O=C(CCn1cc([N+](=O)[O-])cn1)N[C@H]1CCCNC1. The Bertz CT molecular complexity index is 453. The second-order valence-electron chi connectivity index (χ2n) is 4.58. The molecule has 104 valence electrons. The second kappa shape index (κ2) is 6.28. The minimum Gasteiger partial charge on any atom is -0.352 e. The lowest BCUT2D eigenvalue weighted by atomic mass is 10.1. The average Bonchev–Trinajstić information content (AvgIpc) is 2.86. The van der Waals surface area contributed by atoms with Gasteiger partial charge >= 0.3 is 5.69 Å². The Morgan fingerprint density at radius 2 is 2.53 bits per heavy atom. The summed E-state index contributed by atoms with van der Waals surface area (Å²) < 4.78 is 1.41. The van der Waals surface area contributed by atoms with E-state index in [0.717, 1.165) is 25.9 Å². The lowest BCUT2D eigenvalue weighted by molar-refractivity contribution is -0.385. The standard InChI is InChI=1S/C11H17N5O3/c17-11(14-9-2-1-4-12-6-9)3-5-15-8-10(7-13-15)16(18)19/h7-9,12H,1-6H2,(H,14,17)/t9-/m0/s1. The van der Waals surface area contributed by atoms with E-state index in [2.05, 4.69) is 15.7 Å². The number of rotatable bonds is 5. The topological polar surface area (TPSA) is 102 Å². The van der Waals surface area contributed by atoms with E-state index >= 15 is 0 Å². The van der Waals surface area contributed by atoms with Crippen LogP contribution in [-0.2, 0) is 11.3 Å². The van der Waals surface area contributed by atoms with Gasteiger partial charge in [-0.25, -0.2) is 0 Å². The smallest absolute Gasteiger partial charge is 0.306 e. The normalized spacial score (nSPS) is 19.1. The number of carbonyl (C=O) groups is 1. The van der Waals surface area contributed by atoms with Gasteiger partial charge in [0.1, 0.15) is 12.4 Å². The van der Waals surface area contributed by atoms with Crippen LogP contribution in [0.25, 0.3) is 0 Å². The molecule has 1 aromatic rings. The summed E-state index contributed by atoms with van der Waals surface area (Å²) in [6.45, 7) is 2.15. The van der Waals surface area contributed by atoms with Crippen LogP contribution in [0.2, 0.25) is 0 Å². The number of carbonyl (C=O) groups excluding carboxylic acids is 1. The average molecular weight is 267 g/mol. The fourth-order valence-corrected chi connectivity index (χ4v) is 2.06. The number of aromatic nitrogens is 2. The molecule has 0 spiro atoms. The summed E-state index contributed by atoms with van der Waals surface area (Å²) in [5.74, 6) is -0.0492. The van der Waals surface area contributed by atoms with Crippen molar-refractivity contribution in [2.75, 3.05) is 13.1 Å². The molecule has 0 bridgehead atoms. The van der Waals surface area contributed by atoms with Crippen LogP contribution in [0, 0.1) is 10.1 Å². The fraction of sp³-hybridized carbons (Fsp3) is 0.636. The Kier molecular flexibility index (Phi) is 4.45. The maximum absolute atomic E-state index is 11.7. The summed E-state index contributed by atoms with van der Waals surface area (Å²) in [6, 6.07) is 0.188. The zero-order valence-electron chi connectivity index (χ0n) is 10.5. The van der Waals surface area contributed by atoms with Gasteiger partial charge in [-0.2, -0.15) is 5.10 Å². The molecule has 0 aliphatic carbocycles. The van der Waals surface area contributed by atoms with Crippen molar-refractivity contribution in [2.24, 2.45) is 0 Å². The van der Waals surface area contributed by atoms with Crippen molar-refractivity contribution in [3.8, 4) is 0 Å². The van der Waals surface area contributed by atoms with E-state index in [9.17, 15) is 14.9 Å². The van der Waals surface area contributed by atoms with Crippen molar-refractivity contribution < 1.29 is 9.72 Å². The summed E-state index contributed by atoms with van der Waals surface area (Å²) in [6.07, 6.45) is 4.84. The zero-order chi connectivity index (χ0) is 13.7. The van der Waals surface area contributed by atoms with Crippen molar-refractivity contribution in [1.82, 2.24) is 20.4 Å². The van der Waals surface area contributed by atoms with Crippen molar-refractivity contribution in [3.05, 3.63) is 22.5 Å². The molecule has 2 N–H and O–H groups in total. The van der Waals surface area contributed by atoms with Crippen molar-refractivity contribution in [3.63, 3.8) is 0 Å². The highest BCUT2D eigenvalue weighted by Crippen LogP contribution is 2.08. The monoisotopic (exact) mass is 267 g/mol. The molecule has 1 aliphatic heterocycles. The number of nitrogens with zero attached hydrogens (tertiary/aromatic N) is 3. The molecule has 0 radical (unpaired) electrons. The molecule has 1 fully saturated rings. The molecule has 2 heterocycles. The minimum atomic E-state index is -0.503. The number of hydrogen-bond donors (Lipinski definition) is 2. The van der Waals surface area contributed by atoms with Crippen LogP contribution in [0.15, 0.2) is 12.4 Å². The van der Waals surface area contributed by atoms with Gasteiger partial charge in [0.25, 0.3) is 0 Å². The van der Waals surface area contributed by atoms with Crippen LogP contribution in [-0.4, -0.2) is 39.7 Å². The van der Waals surface area contributed by atoms with Gasteiger partial charge in [0.15, 0.2) is 0 Å². The first-order valence-electron chi connectivity index (χ1n) is 6.32. The van der Waals surface area contributed by atoms with Gasteiger partial charge in [0.2, 0.25) is 5.91 Å². The molecular weight excluding hydrogens is 250 g/mol. The van der Waals surface area contributed by atoms with Crippen LogP contribution in [0.3, 0.4) is 0 Å². The molecule has 1 aliphatic rings.